The van der Waals surface area contributed by atoms with Gasteiger partial charge in [0.05, 0.1) is 0 Å². The van der Waals surface area contributed by atoms with Gasteiger partial charge in [-0.05, 0) is 35.3 Å². The SMILES string of the molecule is Cc1cc(Br)oc1C(=O)N1CCC(N2CCNCC2)C1.Cl. The second kappa shape index (κ2) is 7.13. The van der Waals surface area contributed by atoms with Crippen LogP contribution in [-0.2, 0) is 0 Å². The number of piperazine rings is 1. The van der Waals surface area contributed by atoms with Crippen LogP contribution in [0, 0.1) is 6.92 Å². The summed E-state index contributed by atoms with van der Waals surface area (Å²) in [6, 6.07) is 2.34. The number of hydrogen-bond donors (Lipinski definition) is 1. The smallest absolute Gasteiger partial charge is 0.289 e. The Kier molecular flexibility index (Phi) is 5.71. The number of aryl methyl sites for hydroxylation is 1. The Morgan fingerprint density at radius 3 is 2.71 bits per heavy atom. The zero-order valence-corrected chi connectivity index (χ0v) is 14.5. The van der Waals surface area contributed by atoms with E-state index < -0.39 is 0 Å². The van der Waals surface area contributed by atoms with Crippen molar-refractivity contribution in [2.24, 2.45) is 0 Å². The van der Waals surface area contributed by atoms with Crippen molar-refractivity contribution in [2.45, 2.75) is 19.4 Å². The fraction of sp³-hybridized carbons (Fsp3) is 0.643. The molecule has 21 heavy (non-hydrogen) atoms. The van der Waals surface area contributed by atoms with Gasteiger partial charge in [0.2, 0.25) is 0 Å². The number of furan rings is 1. The van der Waals surface area contributed by atoms with Crippen molar-refractivity contribution >= 4 is 34.2 Å². The maximum absolute atomic E-state index is 12.5. The van der Waals surface area contributed by atoms with Gasteiger partial charge in [0.15, 0.2) is 10.4 Å². The Labute approximate surface area is 139 Å². The van der Waals surface area contributed by atoms with Gasteiger partial charge in [-0.1, -0.05) is 0 Å². The van der Waals surface area contributed by atoms with Gasteiger partial charge in [0.25, 0.3) is 5.91 Å². The molecular formula is C14H21BrClN3O2. The summed E-state index contributed by atoms with van der Waals surface area (Å²) in [5.41, 5.74) is 0.896. The zero-order chi connectivity index (χ0) is 14.1. The normalized spacial score (nSPS) is 23.1. The summed E-state index contributed by atoms with van der Waals surface area (Å²) in [4.78, 5) is 16.9. The van der Waals surface area contributed by atoms with Crippen LogP contribution in [0.4, 0.5) is 0 Å². The van der Waals surface area contributed by atoms with E-state index >= 15 is 0 Å². The Morgan fingerprint density at radius 1 is 1.38 bits per heavy atom. The third-order valence-corrected chi connectivity index (χ3v) is 4.59. The van der Waals surface area contributed by atoms with Crippen LogP contribution in [0.15, 0.2) is 15.2 Å². The number of rotatable bonds is 2. The van der Waals surface area contributed by atoms with Gasteiger partial charge in [0.1, 0.15) is 0 Å². The summed E-state index contributed by atoms with van der Waals surface area (Å²) in [5, 5.41) is 3.37. The van der Waals surface area contributed by atoms with Gasteiger partial charge in [0, 0.05) is 50.9 Å². The third kappa shape index (κ3) is 3.62. The van der Waals surface area contributed by atoms with Crippen molar-refractivity contribution in [3.8, 4) is 0 Å². The van der Waals surface area contributed by atoms with E-state index in [1.165, 1.54) is 0 Å². The molecule has 0 saturated carbocycles. The highest BCUT2D eigenvalue weighted by molar-refractivity contribution is 9.10. The van der Waals surface area contributed by atoms with Gasteiger partial charge in [-0.2, -0.15) is 0 Å². The van der Waals surface area contributed by atoms with Crippen LogP contribution in [-0.4, -0.2) is 61.0 Å². The predicted molar refractivity (Wildman–Crippen MR) is 87.1 cm³/mol. The molecule has 0 radical (unpaired) electrons. The van der Waals surface area contributed by atoms with Crippen LogP contribution >= 0.6 is 28.3 Å². The van der Waals surface area contributed by atoms with Gasteiger partial charge in [-0.15, -0.1) is 12.4 Å². The third-order valence-electron chi connectivity index (χ3n) is 4.20. The molecular weight excluding hydrogens is 358 g/mol. The molecule has 0 aromatic carbocycles. The monoisotopic (exact) mass is 377 g/mol. The first-order valence-corrected chi connectivity index (χ1v) is 7.94. The number of likely N-dealkylation sites (tertiary alicyclic amines) is 1. The van der Waals surface area contributed by atoms with E-state index in [9.17, 15) is 4.79 Å². The lowest BCUT2D eigenvalue weighted by molar-refractivity contribution is 0.0740. The first-order chi connectivity index (χ1) is 9.65. The molecule has 2 saturated heterocycles. The van der Waals surface area contributed by atoms with E-state index in [1.807, 2.05) is 17.9 Å². The lowest BCUT2D eigenvalue weighted by Crippen LogP contribution is -2.49. The van der Waals surface area contributed by atoms with Crippen LogP contribution in [0.5, 0.6) is 0 Å². The summed E-state index contributed by atoms with van der Waals surface area (Å²) in [5.74, 6) is 0.490. The Bertz CT molecular complexity index is 502. The van der Waals surface area contributed by atoms with E-state index in [-0.39, 0.29) is 18.3 Å². The molecule has 0 aliphatic carbocycles. The number of nitrogens with one attached hydrogen (secondary N) is 1. The number of halogens is 2. The molecule has 2 aliphatic heterocycles. The van der Waals surface area contributed by atoms with Crippen molar-refractivity contribution in [1.82, 2.24) is 15.1 Å². The molecule has 118 valence electrons. The first kappa shape index (κ1) is 16.8. The molecule has 1 amide bonds. The highest BCUT2D eigenvalue weighted by Crippen LogP contribution is 2.24. The average Bonchev–Trinajstić information content (AvgIpc) is 3.06. The van der Waals surface area contributed by atoms with Crippen LogP contribution < -0.4 is 5.32 Å². The minimum absolute atomic E-state index is 0. The van der Waals surface area contributed by atoms with Gasteiger partial charge < -0.3 is 14.6 Å². The minimum Gasteiger partial charge on any atom is -0.444 e. The van der Waals surface area contributed by atoms with E-state index in [4.69, 9.17) is 4.42 Å². The van der Waals surface area contributed by atoms with Gasteiger partial charge in [-0.25, -0.2) is 0 Å². The second-order valence-electron chi connectivity index (χ2n) is 5.54. The van der Waals surface area contributed by atoms with Crippen LogP contribution in [0.3, 0.4) is 0 Å². The molecule has 7 heteroatoms. The second-order valence-corrected chi connectivity index (χ2v) is 6.32. The van der Waals surface area contributed by atoms with E-state index in [1.54, 1.807) is 0 Å². The highest BCUT2D eigenvalue weighted by atomic mass is 79.9. The zero-order valence-electron chi connectivity index (χ0n) is 12.1. The average molecular weight is 379 g/mol. The Morgan fingerprint density at radius 2 is 2.10 bits per heavy atom. The largest absolute Gasteiger partial charge is 0.444 e. The molecule has 5 nitrogen and oxygen atoms in total. The van der Waals surface area contributed by atoms with Crippen molar-refractivity contribution in [1.29, 1.82) is 0 Å². The maximum Gasteiger partial charge on any atom is 0.289 e. The number of nitrogens with zero attached hydrogens (tertiary/aromatic N) is 2. The molecule has 1 aromatic heterocycles. The molecule has 0 bridgehead atoms. The number of hydrogen-bond acceptors (Lipinski definition) is 4. The molecule has 1 atom stereocenters. The fourth-order valence-corrected chi connectivity index (χ4v) is 3.58. The molecule has 2 fully saturated rings. The predicted octanol–water partition coefficient (Wildman–Crippen LogP) is 1.89. The number of carbonyl (C=O) groups excluding carboxylic acids is 1. The topological polar surface area (TPSA) is 48.7 Å². The molecule has 0 spiro atoms. The molecule has 1 unspecified atom stereocenters. The van der Waals surface area contributed by atoms with Crippen molar-refractivity contribution in [3.05, 3.63) is 22.1 Å². The summed E-state index contributed by atoms with van der Waals surface area (Å²) < 4.78 is 6.09. The molecule has 1 aromatic rings. The minimum atomic E-state index is 0. The van der Waals surface area contributed by atoms with Crippen LogP contribution in [0.1, 0.15) is 22.5 Å². The van der Waals surface area contributed by atoms with Crippen LogP contribution in [0.2, 0.25) is 0 Å². The molecule has 1 N–H and O–H groups in total. The summed E-state index contributed by atoms with van der Waals surface area (Å²) in [6.07, 6.45) is 1.06. The first-order valence-electron chi connectivity index (χ1n) is 7.15. The van der Waals surface area contributed by atoms with E-state index in [2.05, 4.69) is 26.1 Å². The lowest BCUT2D eigenvalue weighted by Gasteiger charge is -2.32. The quantitative estimate of drug-likeness (QED) is 0.854. The Balaban J connectivity index is 0.00000161. The van der Waals surface area contributed by atoms with Crippen LogP contribution in [0.25, 0.3) is 0 Å². The Hall–Kier alpha value is -0.560. The van der Waals surface area contributed by atoms with Crippen molar-refractivity contribution in [3.63, 3.8) is 0 Å². The molecule has 2 aliphatic rings. The maximum atomic E-state index is 12.5. The van der Waals surface area contributed by atoms with E-state index in [0.29, 0.717) is 16.5 Å². The number of amides is 1. The fourth-order valence-electron chi connectivity index (χ4n) is 3.07. The summed E-state index contributed by atoms with van der Waals surface area (Å²) >= 11 is 3.28. The lowest BCUT2D eigenvalue weighted by atomic mass is 10.2. The summed E-state index contributed by atoms with van der Waals surface area (Å²) in [7, 11) is 0. The van der Waals surface area contributed by atoms with Crippen molar-refractivity contribution in [2.75, 3.05) is 39.3 Å². The molecule has 3 rings (SSSR count). The number of carbonyl (C=O) groups is 1. The highest BCUT2D eigenvalue weighted by Gasteiger charge is 2.33. The van der Waals surface area contributed by atoms with Crippen molar-refractivity contribution < 1.29 is 9.21 Å². The standard InChI is InChI=1S/C14H20BrN3O2.ClH/c1-10-8-12(15)20-13(10)14(19)18-5-2-11(9-18)17-6-3-16-4-7-17;/h8,11,16H,2-7,9H2,1H3;1H. The van der Waals surface area contributed by atoms with Gasteiger partial charge in [-0.3, -0.25) is 9.69 Å². The van der Waals surface area contributed by atoms with E-state index in [0.717, 1.165) is 51.3 Å². The van der Waals surface area contributed by atoms with Gasteiger partial charge >= 0.3 is 0 Å². The summed E-state index contributed by atoms with van der Waals surface area (Å²) in [6.45, 7) is 7.81. The molecule has 3 heterocycles.